The van der Waals surface area contributed by atoms with Gasteiger partial charge in [-0.1, -0.05) is 24.6 Å². The Morgan fingerprint density at radius 2 is 2.10 bits per heavy atom. The highest BCUT2D eigenvalue weighted by molar-refractivity contribution is 6.30. The molecule has 0 aliphatic heterocycles. The van der Waals surface area contributed by atoms with Gasteiger partial charge in [0.15, 0.2) is 0 Å². The van der Waals surface area contributed by atoms with Crippen molar-refractivity contribution >= 4 is 11.6 Å². The molecule has 1 unspecified atom stereocenters. The molecule has 1 atom stereocenters. The van der Waals surface area contributed by atoms with Crippen molar-refractivity contribution in [3.05, 3.63) is 46.5 Å². The number of halogens is 1. The minimum Gasteiger partial charge on any atom is -0.310 e. The van der Waals surface area contributed by atoms with Gasteiger partial charge >= 0.3 is 0 Å². The van der Waals surface area contributed by atoms with E-state index in [2.05, 4.69) is 49.2 Å². The van der Waals surface area contributed by atoms with Crippen molar-refractivity contribution in [3.8, 4) is 0 Å². The summed E-state index contributed by atoms with van der Waals surface area (Å²) in [6.07, 6.45) is 2.43. The van der Waals surface area contributed by atoms with Crippen molar-refractivity contribution in [2.24, 2.45) is 0 Å². The summed E-state index contributed by atoms with van der Waals surface area (Å²) < 4.78 is 1.98. The fourth-order valence-electron chi connectivity index (χ4n) is 2.56. The van der Waals surface area contributed by atoms with Crippen molar-refractivity contribution in [2.45, 2.75) is 46.2 Å². The zero-order chi connectivity index (χ0) is 15.4. The van der Waals surface area contributed by atoms with Gasteiger partial charge in [-0.25, -0.2) is 9.67 Å². The first-order valence-electron chi connectivity index (χ1n) is 7.40. The lowest BCUT2D eigenvalue weighted by Crippen LogP contribution is -2.25. The molecule has 0 bridgehead atoms. The topological polar surface area (TPSA) is 42.7 Å². The van der Waals surface area contributed by atoms with Crippen LogP contribution in [0.15, 0.2) is 24.5 Å². The Hall–Kier alpha value is -1.39. The number of aromatic nitrogens is 3. The minimum atomic E-state index is 0.190. The van der Waals surface area contributed by atoms with Gasteiger partial charge < -0.3 is 5.32 Å². The van der Waals surface area contributed by atoms with E-state index in [1.165, 1.54) is 11.1 Å². The first-order valence-corrected chi connectivity index (χ1v) is 7.78. The van der Waals surface area contributed by atoms with Crippen LogP contribution in [0.1, 0.15) is 49.8 Å². The maximum atomic E-state index is 6.16. The average molecular weight is 307 g/mol. The van der Waals surface area contributed by atoms with Crippen LogP contribution in [0.5, 0.6) is 0 Å². The normalized spacial score (nSPS) is 12.9. The van der Waals surface area contributed by atoms with Gasteiger partial charge in [0.2, 0.25) is 0 Å². The number of benzene rings is 1. The molecule has 5 heteroatoms. The second kappa shape index (κ2) is 7.05. The average Bonchev–Trinajstić information content (AvgIpc) is 2.89. The summed E-state index contributed by atoms with van der Waals surface area (Å²) in [5.41, 5.74) is 2.46. The molecule has 1 N–H and O–H groups in total. The Balaban J connectivity index is 2.31. The third-order valence-corrected chi connectivity index (χ3v) is 3.83. The quantitative estimate of drug-likeness (QED) is 0.884. The van der Waals surface area contributed by atoms with Crippen LogP contribution in [0.2, 0.25) is 5.02 Å². The summed E-state index contributed by atoms with van der Waals surface area (Å²) in [6.45, 7) is 9.35. The van der Waals surface area contributed by atoms with Crippen molar-refractivity contribution in [1.82, 2.24) is 20.1 Å². The van der Waals surface area contributed by atoms with Crippen LogP contribution < -0.4 is 5.32 Å². The van der Waals surface area contributed by atoms with Crippen molar-refractivity contribution < 1.29 is 0 Å². The summed E-state index contributed by atoms with van der Waals surface area (Å²) in [6, 6.07) is 6.54. The zero-order valence-corrected chi connectivity index (χ0v) is 13.9. The lowest BCUT2D eigenvalue weighted by molar-refractivity contribution is 0.468. The lowest BCUT2D eigenvalue weighted by atomic mass is 9.98. The van der Waals surface area contributed by atoms with Crippen LogP contribution in [0, 0.1) is 6.92 Å². The predicted molar refractivity (Wildman–Crippen MR) is 86.7 cm³/mol. The Morgan fingerprint density at radius 3 is 2.76 bits per heavy atom. The molecule has 1 aromatic heterocycles. The molecule has 0 aliphatic rings. The smallest absolute Gasteiger partial charge is 0.138 e. The summed E-state index contributed by atoms with van der Waals surface area (Å²) in [5.74, 6) is 0.996. The van der Waals surface area contributed by atoms with Crippen LogP contribution in [-0.2, 0) is 6.42 Å². The first kappa shape index (κ1) is 16.0. The highest BCUT2D eigenvalue weighted by atomic mass is 35.5. The molecule has 1 aromatic carbocycles. The fourth-order valence-corrected chi connectivity index (χ4v) is 2.74. The van der Waals surface area contributed by atoms with E-state index >= 15 is 0 Å². The predicted octanol–water partition coefficient (Wildman–Crippen LogP) is 3.71. The number of hydrogen-bond acceptors (Lipinski definition) is 3. The summed E-state index contributed by atoms with van der Waals surface area (Å²) in [5, 5.41) is 8.61. The van der Waals surface area contributed by atoms with Gasteiger partial charge in [-0.15, -0.1) is 0 Å². The fraction of sp³-hybridized carbons (Fsp3) is 0.500. The molecule has 1 heterocycles. The third kappa shape index (κ3) is 3.83. The highest BCUT2D eigenvalue weighted by Crippen LogP contribution is 2.25. The maximum absolute atomic E-state index is 6.16. The largest absolute Gasteiger partial charge is 0.310 e. The van der Waals surface area contributed by atoms with Gasteiger partial charge in [0.1, 0.15) is 12.2 Å². The summed E-state index contributed by atoms with van der Waals surface area (Å²) in [7, 11) is 0. The number of hydrogen-bond donors (Lipinski definition) is 1. The molecule has 0 saturated heterocycles. The molecular formula is C16H23ClN4. The lowest BCUT2D eigenvalue weighted by Gasteiger charge is -2.21. The summed E-state index contributed by atoms with van der Waals surface area (Å²) >= 11 is 6.16. The monoisotopic (exact) mass is 306 g/mol. The van der Waals surface area contributed by atoms with Crippen LogP contribution >= 0.6 is 11.6 Å². The number of likely N-dealkylation sites (N-methyl/N-ethyl adjacent to an activating group) is 1. The number of aryl methyl sites for hydroxylation is 1. The Bertz CT molecular complexity index is 592. The van der Waals surface area contributed by atoms with Gasteiger partial charge in [-0.3, -0.25) is 0 Å². The van der Waals surface area contributed by atoms with E-state index in [1.807, 2.05) is 16.8 Å². The van der Waals surface area contributed by atoms with Gasteiger partial charge in [0, 0.05) is 23.5 Å². The number of nitrogens with one attached hydrogen (secondary N) is 1. The van der Waals surface area contributed by atoms with Gasteiger partial charge in [0.05, 0.1) is 0 Å². The SMILES string of the molecule is CCNC(Cc1ncnn1C(C)C)c1cc(Cl)ccc1C. The molecule has 2 aromatic rings. The van der Waals surface area contributed by atoms with Crippen molar-refractivity contribution in [3.63, 3.8) is 0 Å². The van der Waals surface area contributed by atoms with Crippen molar-refractivity contribution in [1.29, 1.82) is 0 Å². The van der Waals surface area contributed by atoms with E-state index in [0.29, 0.717) is 6.04 Å². The third-order valence-electron chi connectivity index (χ3n) is 3.59. The Kier molecular flexibility index (Phi) is 5.37. The van der Waals surface area contributed by atoms with E-state index in [0.717, 1.165) is 23.8 Å². The molecule has 21 heavy (non-hydrogen) atoms. The molecule has 0 amide bonds. The number of nitrogens with zero attached hydrogens (tertiary/aromatic N) is 3. The second-order valence-electron chi connectivity index (χ2n) is 5.53. The first-order chi connectivity index (χ1) is 10.0. The number of rotatable bonds is 6. The van der Waals surface area contributed by atoms with Crippen molar-refractivity contribution in [2.75, 3.05) is 6.54 Å². The molecule has 0 saturated carbocycles. The van der Waals surface area contributed by atoms with Crippen LogP contribution in [0.3, 0.4) is 0 Å². The van der Waals surface area contributed by atoms with Gasteiger partial charge in [-0.05, 0) is 50.6 Å². The summed E-state index contributed by atoms with van der Waals surface area (Å²) in [4.78, 5) is 4.42. The van der Waals surface area contributed by atoms with E-state index in [9.17, 15) is 0 Å². The molecular weight excluding hydrogens is 284 g/mol. The van der Waals surface area contributed by atoms with Crippen LogP contribution in [-0.4, -0.2) is 21.3 Å². The van der Waals surface area contributed by atoms with E-state index < -0.39 is 0 Å². The van der Waals surface area contributed by atoms with Gasteiger partial charge in [-0.2, -0.15) is 5.10 Å². The van der Waals surface area contributed by atoms with Crippen LogP contribution in [0.4, 0.5) is 0 Å². The van der Waals surface area contributed by atoms with E-state index in [-0.39, 0.29) is 6.04 Å². The minimum absolute atomic E-state index is 0.190. The van der Waals surface area contributed by atoms with Gasteiger partial charge in [0.25, 0.3) is 0 Å². The van der Waals surface area contributed by atoms with E-state index in [1.54, 1.807) is 6.33 Å². The molecule has 0 radical (unpaired) electrons. The standard InChI is InChI=1S/C16H23ClN4/c1-5-18-15(14-8-13(17)7-6-12(14)4)9-16-19-10-20-21(16)11(2)3/h6-8,10-11,15,18H,5,9H2,1-4H3. The highest BCUT2D eigenvalue weighted by Gasteiger charge is 2.18. The zero-order valence-electron chi connectivity index (χ0n) is 13.1. The molecule has 114 valence electrons. The molecule has 2 rings (SSSR count). The molecule has 0 aliphatic carbocycles. The van der Waals surface area contributed by atoms with Crippen LogP contribution in [0.25, 0.3) is 0 Å². The Labute approximate surface area is 131 Å². The molecule has 0 spiro atoms. The molecule has 0 fully saturated rings. The molecule has 4 nitrogen and oxygen atoms in total. The second-order valence-corrected chi connectivity index (χ2v) is 5.97. The van der Waals surface area contributed by atoms with E-state index in [4.69, 9.17) is 11.6 Å². The maximum Gasteiger partial charge on any atom is 0.138 e. The Morgan fingerprint density at radius 1 is 1.33 bits per heavy atom.